The van der Waals surface area contributed by atoms with Gasteiger partial charge in [-0.25, -0.2) is 4.79 Å². The fraction of sp³-hybridized carbons (Fsp3) is 0.190. The molecule has 7 nitrogen and oxygen atoms in total. The summed E-state index contributed by atoms with van der Waals surface area (Å²) in [5.41, 5.74) is -1.52. The van der Waals surface area contributed by atoms with Crippen molar-refractivity contribution in [3.05, 3.63) is 64.9 Å². The minimum absolute atomic E-state index is 0.183. The van der Waals surface area contributed by atoms with Gasteiger partial charge in [-0.15, -0.1) is 0 Å². The lowest BCUT2D eigenvalue weighted by molar-refractivity contribution is -0.137. The second kappa shape index (κ2) is 10.7. The summed E-state index contributed by atoms with van der Waals surface area (Å²) in [4.78, 5) is 22.4. The van der Waals surface area contributed by atoms with E-state index in [0.29, 0.717) is 6.07 Å². The lowest BCUT2D eigenvalue weighted by Gasteiger charge is -2.16. The van der Waals surface area contributed by atoms with E-state index in [-0.39, 0.29) is 28.8 Å². The number of ether oxygens (including phenoxy) is 2. The number of halogens is 4. The van der Waals surface area contributed by atoms with Gasteiger partial charge < -0.3 is 14.8 Å². The van der Waals surface area contributed by atoms with Crippen LogP contribution < -0.4 is 10.1 Å². The lowest BCUT2D eigenvalue weighted by atomic mass is 9.97. The highest BCUT2D eigenvalue weighted by molar-refractivity contribution is 6.30. The third-order valence-electron chi connectivity index (χ3n) is 4.15. The van der Waals surface area contributed by atoms with E-state index in [1.54, 1.807) is 26.3 Å². The van der Waals surface area contributed by atoms with E-state index in [1.165, 1.54) is 17.1 Å². The molecule has 0 spiro atoms. The maximum absolute atomic E-state index is 13.3. The Hall–Kier alpha value is -3.53. The van der Waals surface area contributed by atoms with Crippen molar-refractivity contribution in [1.29, 1.82) is 0 Å². The summed E-state index contributed by atoms with van der Waals surface area (Å²) in [6.07, 6.45) is -1.86. The first-order valence-corrected chi connectivity index (χ1v) is 9.30. The maximum Gasteiger partial charge on any atom is 0.417 e. The molecule has 0 fully saturated rings. The Morgan fingerprint density at radius 3 is 2.31 bits per heavy atom. The highest BCUT2D eigenvalue weighted by Gasteiger charge is 2.35. The van der Waals surface area contributed by atoms with Crippen LogP contribution in [-0.2, 0) is 22.8 Å². The number of rotatable bonds is 5. The molecule has 170 valence electrons. The van der Waals surface area contributed by atoms with Crippen molar-refractivity contribution in [2.75, 3.05) is 19.5 Å². The van der Waals surface area contributed by atoms with Gasteiger partial charge >= 0.3 is 12.1 Å². The van der Waals surface area contributed by atoms with Crippen LogP contribution in [0, 0.1) is 0 Å². The number of amides is 1. The molecule has 0 saturated heterocycles. The average Bonchev–Trinajstić information content (AvgIpc) is 3.19. The van der Waals surface area contributed by atoms with Crippen LogP contribution in [0.2, 0.25) is 5.02 Å². The third-order valence-corrected chi connectivity index (χ3v) is 4.40. The lowest BCUT2D eigenvalue weighted by Crippen LogP contribution is -2.13. The number of esters is 1. The van der Waals surface area contributed by atoms with Crippen LogP contribution in [0.4, 0.5) is 18.9 Å². The molecule has 1 N–H and O–H groups in total. The van der Waals surface area contributed by atoms with E-state index in [4.69, 9.17) is 16.3 Å². The topological polar surface area (TPSA) is 82.5 Å². The Morgan fingerprint density at radius 2 is 1.84 bits per heavy atom. The van der Waals surface area contributed by atoms with Gasteiger partial charge in [-0.3, -0.25) is 9.48 Å². The van der Waals surface area contributed by atoms with Gasteiger partial charge in [0, 0.05) is 23.8 Å². The molecule has 0 aliphatic heterocycles. The molecule has 1 amide bonds. The van der Waals surface area contributed by atoms with E-state index >= 15 is 0 Å². The number of nitrogens with zero attached hydrogens (tertiary/aromatic N) is 2. The second-order valence-corrected chi connectivity index (χ2v) is 6.69. The van der Waals surface area contributed by atoms with E-state index in [0.717, 1.165) is 23.9 Å². The van der Waals surface area contributed by atoms with Crippen molar-refractivity contribution in [3.8, 4) is 16.9 Å². The van der Waals surface area contributed by atoms with Crippen LogP contribution in [0.25, 0.3) is 11.1 Å². The number of methoxy groups -OCH3 is 2. The number of alkyl halides is 3. The van der Waals surface area contributed by atoms with E-state index in [2.05, 4.69) is 15.2 Å². The summed E-state index contributed by atoms with van der Waals surface area (Å²) in [6, 6.07) is 8.95. The van der Waals surface area contributed by atoms with Crippen molar-refractivity contribution in [2.45, 2.75) is 6.18 Å². The maximum atomic E-state index is 13.3. The number of hydrogen-bond acceptors (Lipinski definition) is 5. The van der Waals surface area contributed by atoms with Crippen molar-refractivity contribution >= 4 is 29.7 Å². The average molecular weight is 470 g/mol. The first kappa shape index (κ1) is 24.7. The molecule has 0 aliphatic carbocycles. The minimum Gasteiger partial charge on any atom is -0.497 e. The van der Waals surface area contributed by atoms with Gasteiger partial charge in [-0.2, -0.15) is 18.3 Å². The van der Waals surface area contributed by atoms with Crippen LogP contribution in [0.15, 0.2) is 48.8 Å². The quantitative estimate of drug-likeness (QED) is 0.428. The summed E-state index contributed by atoms with van der Waals surface area (Å²) in [7, 11) is 4.28. The molecule has 0 atom stereocenters. The second-order valence-electron chi connectivity index (χ2n) is 6.26. The molecule has 0 radical (unpaired) electrons. The third kappa shape index (κ3) is 6.24. The van der Waals surface area contributed by atoms with Gasteiger partial charge in [-0.1, -0.05) is 11.6 Å². The summed E-state index contributed by atoms with van der Waals surface area (Å²) in [6.45, 7) is 0. The molecule has 0 unspecified atom stereocenters. The predicted molar refractivity (Wildman–Crippen MR) is 113 cm³/mol. The van der Waals surface area contributed by atoms with Crippen LogP contribution >= 0.6 is 11.6 Å². The standard InChI is InChI=1S/C14H12F3N3O3.C7H7ClO/c1-20-6-8(5-19-20)9-3-10(13(22)23-2)12(18-7-21)4-11(9)14(15,16)17;1-9-7-4-2-6(8)3-5-7/h3-7H,1-2H3,(H,18,21);2-5H,1H3. The van der Waals surface area contributed by atoms with Crippen LogP contribution in [0.1, 0.15) is 15.9 Å². The fourth-order valence-corrected chi connectivity index (χ4v) is 2.79. The Bertz CT molecular complexity index is 1080. The summed E-state index contributed by atoms with van der Waals surface area (Å²) >= 11 is 5.61. The predicted octanol–water partition coefficient (Wildman–Crippen LogP) is 4.81. The fourth-order valence-electron chi connectivity index (χ4n) is 2.67. The minimum atomic E-state index is -4.68. The van der Waals surface area contributed by atoms with Gasteiger partial charge in [0.15, 0.2) is 0 Å². The molecular weight excluding hydrogens is 451 g/mol. The molecule has 3 rings (SSSR count). The first-order valence-electron chi connectivity index (χ1n) is 8.93. The summed E-state index contributed by atoms with van der Waals surface area (Å²) in [5.74, 6) is -0.0346. The van der Waals surface area contributed by atoms with Crippen LogP contribution in [0.3, 0.4) is 0 Å². The summed E-state index contributed by atoms with van der Waals surface area (Å²) < 4.78 is 50.7. The molecule has 11 heteroatoms. The molecule has 2 aromatic carbocycles. The molecule has 0 bridgehead atoms. The van der Waals surface area contributed by atoms with Gasteiger partial charge in [-0.05, 0) is 42.0 Å². The monoisotopic (exact) mass is 469 g/mol. The van der Waals surface area contributed by atoms with Crippen molar-refractivity contribution in [3.63, 3.8) is 0 Å². The molecule has 0 saturated carbocycles. The zero-order valence-corrected chi connectivity index (χ0v) is 18.0. The zero-order valence-electron chi connectivity index (χ0n) is 17.2. The van der Waals surface area contributed by atoms with Gasteiger partial charge in [0.1, 0.15) is 5.75 Å². The number of carbonyl (C=O) groups is 2. The summed E-state index contributed by atoms with van der Waals surface area (Å²) in [5, 5.41) is 6.65. The molecule has 1 heterocycles. The largest absolute Gasteiger partial charge is 0.497 e. The number of benzene rings is 2. The Morgan fingerprint density at radius 1 is 1.19 bits per heavy atom. The van der Waals surface area contributed by atoms with E-state index in [1.807, 2.05) is 12.1 Å². The van der Waals surface area contributed by atoms with Gasteiger partial charge in [0.25, 0.3) is 0 Å². The Balaban J connectivity index is 0.000000336. The first-order chi connectivity index (χ1) is 15.1. The highest BCUT2D eigenvalue weighted by atomic mass is 35.5. The van der Waals surface area contributed by atoms with Crippen molar-refractivity contribution < 1.29 is 32.2 Å². The highest BCUT2D eigenvalue weighted by Crippen LogP contribution is 2.40. The van der Waals surface area contributed by atoms with Crippen molar-refractivity contribution in [2.24, 2.45) is 7.05 Å². The number of aromatic nitrogens is 2. The SMILES string of the molecule is COC(=O)c1cc(-c2cnn(C)c2)c(C(F)(F)F)cc1NC=O.COc1ccc(Cl)cc1. The molecule has 3 aromatic rings. The van der Waals surface area contributed by atoms with Crippen LogP contribution in [0.5, 0.6) is 5.75 Å². The number of nitrogens with one attached hydrogen (secondary N) is 1. The van der Waals surface area contributed by atoms with E-state index in [9.17, 15) is 22.8 Å². The molecule has 1 aromatic heterocycles. The smallest absolute Gasteiger partial charge is 0.417 e. The Labute approximate surface area is 186 Å². The Kier molecular flexibility index (Phi) is 8.25. The number of hydrogen-bond donors (Lipinski definition) is 1. The van der Waals surface area contributed by atoms with Gasteiger partial charge in [0.2, 0.25) is 6.41 Å². The van der Waals surface area contributed by atoms with Crippen LogP contribution in [-0.4, -0.2) is 36.4 Å². The van der Waals surface area contributed by atoms with Gasteiger partial charge in [0.05, 0.1) is 37.2 Å². The molecule has 32 heavy (non-hydrogen) atoms. The number of aryl methyl sites for hydroxylation is 1. The number of anilines is 1. The number of carbonyl (C=O) groups excluding carboxylic acids is 2. The van der Waals surface area contributed by atoms with E-state index < -0.39 is 17.7 Å². The molecular formula is C21H19ClF3N3O4. The molecule has 0 aliphatic rings. The zero-order chi connectivity index (χ0) is 23.9. The van der Waals surface area contributed by atoms with Crippen molar-refractivity contribution in [1.82, 2.24) is 9.78 Å². The normalized spacial score (nSPS) is 10.6.